The molecule has 0 saturated carbocycles. The van der Waals surface area contributed by atoms with E-state index in [-0.39, 0.29) is 12.5 Å². The van der Waals surface area contributed by atoms with Gasteiger partial charge < -0.3 is 19.5 Å². The van der Waals surface area contributed by atoms with Crippen LogP contribution in [0.1, 0.15) is 24.8 Å². The largest absolute Gasteiger partial charge is 0.484 e. The van der Waals surface area contributed by atoms with Gasteiger partial charge in [-0.3, -0.25) is 4.79 Å². The number of carbonyl (C=O) groups excluding carboxylic acids is 1. The normalized spacial score (nSPS) is 14.0. The first kappa shape index (κ1) is 21.1. The molecule has 0 atom stereocenters. The fourth-order valence-electron chi connectivity index (χ4n) is 3.59. The van der Waals surface area contributed by atoms with Crippen LogP contribution in [0.15, 0.2) is 53.1 Å². The standard InChI is InChI=1S/C24H28N4O3/c1-18-5-7-19(8-6-18)23-26-24(31-27-23)20-9-11-21(12-10-20)30-17-22(29)25-13-4-16-28-14-2-3-15-28/h5-12H,2-4,13-17H2,1H3,(H,25,29). The predicted octanol–water partition coefficient (Wildman–Crippen LogP) is 3.69. The van der Waals surface area contributed by atoms with Gasteiger partial charge in [0.05, 0.1) is 0 Å². The van der Waals surface area contributed by atoms with Gasteiger partial charge in [-0.05, 0) is 70.1 Å². The lowest BCUT2D eigenvalue weighted by atomic mass is 10.1. The highest BCUT2D eigenvalue weighted by atomic mass is 16.5. The molecule has 7 nitrogen and oxygen atoms in total. The van der Waals surface area contributed by atoms with Crippen molar-refractivity contribution in [2.75, 3.05) is 32.8 Å². The number of likely N-dealkylation sites (tertiary alicyclic amines) is 1. The van der Waals surface area contributed by atoms with Gasteiger partial charge >= 0.3 is 0 Å². The van der Waals surface area contributed by atoms with E-state index in [1.54, 1.807) is 12.1 Å². The Bertz CT molecular complexity index is 977. The Kier molecular flexibility index (Phi) is 6.94. The molecule has 1 aliphatic rings. The van der Waals surface area contributed by atoms with Crippen LogP contribution in [0.25, 0.3) is 22.8 Å². The molecule has 4 rings (SSSR count). The van der Waals surface area contributed by atoms with E-state index in [9.17, 15) is 4.79 Å². The summed E-state index contributed by atoms with van der Waals surface area (Å²) in [6.45, 7) is 6.13. The maximum atomic E-state index is 12.0. The van der Waals surface area contributed by atoms with Crippen LogP contribution in [0.4, 0.5) is 0 Å². The van der Waals surface area contributed by atoms with E-state index in [4.69, 9.17) is 9.26 Å². The quantitative estimate of drug-likeness (QED) is 0.532. The fraction of sp³-hybridized carbons (Fsp3) is 0.375. The molecule has 162 valence electrons. The second kappa shape index (κ2) is 10.2. The molecule has 1 N–H and O–H groups in total. The van der Waals surface area contributed by atoms with E-state index >= 15 is 0 Å². The molecule has 0 radical (unpaired) electrons. The molecule has 1 aromatic heterocycles. The third-order valence-electron chi connectivity index (χ3n) is 5.38. The van der Waals surface area contributed by atoms with E-state index < -0.39 is 0 Å². The van der Waals surface area contributed by atoms with Gasteiger partial charge in [0.25, 0.3) is 11.8 Å². The van der Waals surface area contributed by atoms with Crippen LogP contribution < -0.4 is 10.1 Å². The number of aromatic nitrogens is 2. The first-order valence-electron chi connectivity index (χ1n) is 10.8. The van der Waals surface area contributed by atoms with Crippen LogP contribution >= 0.6 is 0 Å². The minimum Gasteiger partial charge on any atom is -0.484 e. The number of nitrogens with zero attached hydrogens (tertiary/aromatic N) is 3. The average molecular weight is 421 g/mol. The molecule has 3 aromatic rings. The van der Waals surface area contributed by atoms with Crippen LogP contribution in [-0.4, -0.2) is 53.7 Å². The first-order valence-corrected chi connectivity index (χ1v) is 10.8. The molecule has 2 aromatic carbocycles. The number of nitrogens with one attached hydrogen (secondary N) is 1. The Morgan fingerprint density at radius 2 is 1.77 bits per heavy atom. The summed E-state index contributed by atoms with van der Waals surface area (Å²) in [4.78, 5) is 18.9. The highest BCUT2D eigenvalue weighted by molar-refractivity contribution is 5.77. The van der Waals surface area contributed by atoms with Crippen molar-refractivity contribution in [2.45, 2.75) is 26.2 Å². The first-order chi connectivity index (χ1) is 15.2. The Morgan fingerprint density at radius 3 is 2.52 bits per heavy atom. The smallest absolute Gasteiger partial charge is 0.258 e. The van der Waals surface area contributed by atoms with Gasteiger partial charge in [-0.1, -0.05) is 35.0 Å². The number of amides is 1. The lowest BCUT2D eigenvalue weighted by molar-refractivity contribution is -0.123. The van der Waals surface area contributed by atoms with Gasteiger partial charge in [0, 0.05) is 17.7 Å². The number of benzene rings is 2. The monoisotopic (exact) mass is 420 g/mol. The van der Waals surface area contributed by atoms with E-state index in [1.807, 2.05) is 43.3 Å². The number of hydrogen-bond donors (Lipinski definition) is 1. The molecule has 1 saturated heterocycles. The van der Waals surface area contributed by atoms with Gasteiger partial charge in [-0.15, -0.1) is 0 Å². The molecule has 1 fully saturated rings. The van der Waals surface area contributed by atoms with Crippen molar-refractivity contribution in [1.29, 1.82) is 0 Å². The minimum atomic E-state index is -0.106. The molecule has 1 amide bonds. The van der Waals surface area contributed by atoms with Crippen LogP contribution in [0.5, 0.6) is 5.75 Å². The maximum Gasteiger partial charge on any atom is 0.258 e. The highest BCUT2D eigenvalue weighted by Crippen LogP contribution is 2.24. The summed E-state index contributed by atoms with van der Waals surface area (Å²) in [6.07, 6.45) is 3.55. The lowest BCUT2D eigenvalue weighted by Gasteiger charge is -2.14. The van der Waals surface area contributed by atoms with E-state index in [2.05, 4.69) is 20.4 Å². The zero-order chi connectivity index (χ0) is 21.5. The van der Waals surface area contributed by atoms with Crippen LogP contribution in [-0.2, 0) is 4.79 Å². The van der Waals surface area contributed by atoms with Crippen molar-refractivity contribution in [3.05, 3.63) is 54.1 Å². The highest BCUT2D eigenvalue weighted by Gasteiger charge is 2.12. The predicted molar refractivity (Wildman–Crippen MR) is 119 cm³/mol. The van der Waals surface area contributed by atoms with Crippen LogP contribution in [0, 0.1) is 6.92 Å². The molecule has 0 unspecified atom stereocenters. The van der Waals surface area contributed by atoms with Crippen LogP contribution in [0.3, 0.4) is 0 Å². The SMILES string of the molecule is Cc1ccc(-c2noc(-c3ccc(OCC(=O)NCCCN4CCCC4)cc3)n2)cc1. The van der Waals surface area contributed by atoms with Crippen molar-refractivity contribution in [1.82, 2.24) is 20.4 Å². The van der Waals surface area contributed by atoms with Crippen molar-refractivity contribution in [3.8, 4) is 28.6 Å². The topological polar surface area (TPSA) is 80.5 Å². The van der Waals surface area contributed by atoms with Gasteiger partial charge in [0.1, 0.15) is 5.75 Å². The Morgan fingerprint density at radius 1 is 1.06 bits per heavy atom. The summed E-state index contributed by atoms with van der Waals surface area (Å²) in [7, 11) is 0. The van der Waals surface area contributed by atoms with Gasteiger partial charge in [-0.25, -0.2) is 0 Å². The summed E-state index contributed by atoms with van der Waals surface area (Å²) >= 11 is 0. The number of aryl methyl sites for hydroxylation is 1. The molecule has 2 heterocycles. The zero-order valence-electron chi connectivity index (χ0n) is 17.8. The summed E-state index contributed by atoms with van der Waals surface area (Å²) in [5.41, 5.74) is 2.88. The molecule has 0 aliphatic carbocycles. The van der Waals surface area contributed by atoms with Crippen LogP contribution in [0.2, 0.25) is 0 Å². The van der Waals surface area contributed by atoms with Crippen molar-refractivity contribution < 1.29 is 14.1 Å². The minimum absolute atomic E-state index is 0.00118. The molecule has 0 bridgehead atoms. The molecule has 7 heteroatoms. The van der Waals surface area contributed by atoms with Crippen molar-refractivity contribution >= 4 is 5.91 Å². The summed E-state index contributed by atoms with van der Waals surface area (Å²) < 4.78 is 11.0. The van der Waals surface area contributed by atoms with Gasteiger partial charge in [0.2, 0.25) is 5.82 Å². The second-order valence-electron chi connectivity index (χ2n) is 7.85. The number of ether oxygens (including phenoxy) is 1. The Hall–Kier alpha value is -3.19. The Balaban J connectivity index is 1.23. The molecule has 0 spiro atoms. The summed E-state index contributed by atoms with van der Waals surface area (Å²) in [5.74, 6) is 1.51. The molecular weight excluding hydrogens is 392 g/mol. The summed E-state index contributed by atoms with van der Waals surface area (Å²) in [6, 6.07) is 15.3. The average Bonchev–Trinajstić information content (AvgIpc) is 3.49. The molecule has 1 aliphatic heterocycles. The third-order valence-corrected chi connectivity index (χ3v) is 5.38. The molecule has 31 heavy (non-hydrogen) atoms. The summed E-state index contributed by atoms with van der Waals surface area (Å²) in [5, 5.41) is 6.97. The number of rotatable bonds is 9. The second-order valence-corrected chi connectivity index (χ2v) is 7.85. The third kappa shape index (κ3) is 5.92. The van der Waals surface area contributed by atoms with Crippen molar-refractivity contribution in [2.24, 2.45) is 0 Å². The Labute approximate surface area is 182 Å². The van der Waals surface area contributed by atoms with E-state index in [0.29, 0.717) is 24.0 Å². The number of hydrogen-bond acceptors (Lipinski definition) is 6. The molecular formula is C24H28N4O3. The van der Waals surface area contributed by atoms with E-state index in [1.165, 1.54) is 31.5 Å². The maximum absolute atomic E-state index is 12.0. The van der Waals surface area contributed by atoms with Crippen molar-refractivity contribution in [3.63, 3.8) is 0 Å². The fourth-order valence-corrected chi connectivity index (χ4v) is 3.59. The number of carbonyl (C=O) groups is 1. The lowest BCUT2D eigenvalue weighted by Crippen LogP contribution is -2.31. The van der Waals surface area contributed by atoms with E-state index in [0.717, 1.165) is 24.1 Å². The van der Waals surface area contributed by atoms with Gasteiger partial charge in [0.15, 0.2) is 6.61 Å². The zero-order valence-corrected chi connectivity index (χ0v) is 17.8. The van der Waals surface area contributed by atoms with Gasteiger partial charge in [-0.2, -0.15) is 4.98 Å².